The molecule has 4 nitrogen and oxygen atoms in total. The third kappa shape index (κ3) is 9.19. The van der Waals surface area contributed by atoms with Crippen LogP contribution in [0.5, 0.6) is 0 Å². The van der Waals surface area contributed by atoms with Crippen LogP contribution < -0.4 is 10.6 Å². The number of carbonyl (C=O) groups excluding carboxylic acids is 1. The Bertz CT molecular complexity index is 333. The van der Waals surface area contributed by atoms with E-state index < -0.39 is 5.60 Å². The number of hydrogen-bond donors (Lipinski definition) is 2. The van der Waals surface area contributed by atoms with E-state index in [9.17, 15) is 4.79 Å². The van der Waals surface area contributed by atoms with Gasteiger partial charge in [-0.25, -0.2) is 4.79 Å². The predicted molar refractivity (Wildman–Crippen MR) is 98.8 cm³/mol. The molecule has 2 unspecified atom stereocenters. The summed E-state index contributed by atoms with van der Waals surface area (Å²) in [5.74, 6) is 0.726. The molecular weight excluding hydrogens is 288 g/mol. The summed E-state index contributed by atoms with van der Waals surface area (Å²) in [6.07, 6.45) is 4.95. The van der Waals surface area contributed by atoms with Crippen molar-refractivity contribution < 1.29 is 9.53 Å². The fourth-order valence-electron chi connectivity index (χ4n) is 2.63. The summed E-state index contributed by atoms with van der Waals surface area (Å²) in [6, 6.07) is 0.503. The van der Waals surface area contributed by atoms with Gasteiger partial charge in [-0.2, -0.15) is 0 Å². The second-order valence-electron chi connectivity index (χ2n) is 7.85. The van der Waals surface area contributed by atoms with Gasteiger partial charge in [0.2, 0.25) is 0 Å². The lowest BCUT2D eigenvalue weighted by molar-refractivity contribution is 0.0443. The molecule has 1 amide bonds. The van der Waals surface area contributed by atoms with Crippen molar-refractivity contribution in [2.75, 3.05) is 6.54 Å². The number of amides is 1. The zero-order valence-corrected chi connectivity index (χ0v) is 16.7. The molecule has 0 aliphatic rings. The van der Waals surface area contributed by atoms with Crippen molar-refractivity contribution >= 4 is 6.09 Å². The molecule has 0 bridgehead atoms. The minimum Gasteiger partial charge on any atom is -0.444 e. The van der Waals surface area contributed by atoms with Crippen molar-refractivity contribution in [1.82, 2.24) is 10.6 Å². The minimum atomic E-state index is -0.465. The average molecular weight is 329 g/mol. The van der Waals surface area contributed by atoms with Crippen LogP contribution in [0, 0.1) is 5.92 Å². The first kappa shape index (κ1) is 22.2. The largest absolute Gasteiger partial charge is 0.444 e. The van der Waals surface area contributed by atoms with E-state index in [1.807, 2.05) is 20.8 Å². The van der Waals surface area contributed by atoms with Gasteiger partial charge in [0.25, 0.3) is 0 Å². The molecule has 4 heteroatoms. The first-order valence-electron chi connectivity index (χ1n) is 9.35. The lowest BCUT2D eigenvalue weighted by Gasteiger charge is -2.36. The Kier molecular flexibility index (Phi) is 9.83. The van der Waals surface area contributed by atoms with Crippen molar-refractivity contribution in [2.24, 2.45) is 5.92 Å². The minimum absolute atomic E-state index is 0.245. The number of nitrogens with one attached hydrogen (secondary N) is 2. The van der Waals surface area contributed by atoms with Crippen LogP contribution in [0.4, 0.5) is 4.79 Å². The molecule has 0 aliphatic heterocycles. The number of rotatable bonds is 10. The first-order valence-corrected chi connectivity index (χ1v) is 9.35. The SMILES string of the molecule is CCC(C)CC(CC)NCC(CC)(CC)NC(=O)OC(C)(C)C. The van der Waals surface area contributed by atoms with Crippen LogP contribution in [0.15, 0.2) is 0 Å². The van der Waals surface area contributed by atoms with Crippen LogP contribution >= 0.6 is 0 Å². The maximum atomic E-state index is 12.2. The van der Waals surface area contributed by atoms with Crippen molar-refractivity contribution in [3.05, 3.63) is 0 Å². The van der Waals surface area contributed by atoms with Crippen molar-refractivity contribution in [2.45, 2.75) is 105 Å². The Morgan fingerprint density at radius 2 is 1.61 bits per heavy atom. The number of hydrogen-bond acceptors (Lipinski definition) is 3. The molecule has 0 saturated carbocycles. The summed E-state index contributed by atoms with van der Waals surface area (Å²) in [5, 5.41) is 6.78. The predicted octanol–water partition coefficient (Wildman–Crippen LogP) is 4.87. The first-order chi connectivity index (χ1) is 10.6. The summed E-state index contributed by atoms with van der Waals surface area (Å²) in [5.41, 5.74) is -0.710. The molecule has 0 fully saturated rings. The van der Waals surface area contributed by atoms with Gasteiger partial charge in [-0.05, 0) is 52.4 Å². The normalized spacial score (nSPS) is 15.1. The van der Waals surface area contributed by atoms with Crippen molar-refractivity contribution in [1.29, 1.82) is 0 Å². The molecule has 0 aromatic carbocycles. The van der Waals surface area contributed by atoms with Crippen LogP contribution in [0.25, 0.3) is 0 Å². The van der Waals surface area contributed by atoms with Gasteiger partial charge in [0.1, 0.15) is 5.60 Å². The third-order valence-corrected chi connectivity index (χ3v) is 4.73. The van der Waals surface area contributed by atoms with Crippen LogP contribution in [-0.2, 0) is 4.74 Å². The highest BCUT2D eigenvalue weighted by Crippen LogP contribution is 2.18. The highest BCUT2D eigenvalue weighted by molar-refractivity contribution is 5.68. The highest BCUT2D eigenvalue weighted by atomic mass is 16.6. The van der Waals surface area contributed by atoms with Crippen molar-refractivity contribution in [3.8, 4) is 0 Å². The lowest BCUT2D eigenvalue weighted by atomic mass is 9.91. The standard InChI is InChI=1S/C19H40N2O2/c1-9-15(5)13-16(10-2)20-14-19(11-3,12-4)21-17(22)23-18(6,7)8/h15-16,20H,9-14H2,1-8H3,(H,21,22). The van der Waals surface area contributed by atoms with E-state index in [0.29, 0.717) is 6.04 Å². The van der Waals surface area contributed by atoms with Gasteiger partial charge in [-0.1, -0.05) is 41.0 Å². The van der Waals surface area contributed by atoms with Gasteiger partial charge < -0.3 is 15.4 Å². The molecule has 0 spiro atoms. The summed E-state index contributed by atoms with van der Waals surface area (Å²) in [6.45, 7) is 17.5. The van der Waals surface area contributed by atoms with Crippen molar-refractivity contribution in [3.63, 3.8) is 0 Å². The zero-order chi connectivity index (χ0) is 18.1. The van der Waals surface area contributed by atoms with Crippen LogP contribution in [0.3, 0.4) is 0 Å². The molecule has 23 heavy (non-hydrogen) atoms. The van der Waals surface area contributed by atoms with Gasteiger partial charge in [0, 0.05) is 12.6 Å². The molecular formula is C19H40N2O2. The maximum absolute atomic E-state index is 12.2. The Hall–Kier alpha value is -0.770. The summed E-state index contributed by atoms with van der Waals surface area (Å²) < 4.78 is 5.43. The van der Waals surface area contributed by atoms with Crippen LogP contribution in [0.1, 0.15) is 87.5 Å². The van der Waals surface area contributed by atoms with Gasteiger partial charge in [0.15, 0.2) is 0 Å². The molecule has 0 saturated heterocycles. The third-order valence-electron chi connectivity index (χ3n) is 4.73. The molecule has 2 atom stereocenters. The quantitative estimate of drug-likeness (QED) is 0.601. The molecule has 0 aliphatic carbocycles. The Labute approximate surface area is 144 Å². The Morgan fingerprint density at radius 3 is 2.00 bits per heavy atom. The maximum Gasteiger partial charge on any atom is 0.408 e. The monoisotopic (exact) mass is 328 g/mol. The van der Waals surface area contributed by atoms with Gasteiger partial charge in [-0.15, -0.1) is 0 Å². The van der Waals surface area contributed by atoms with Crippen LogP contribution in [-0.4, -0.2) is 29.8 Å². The Morgan fingerprint density at radius 1 is 1.04 bits per heavy atom. The van der Waals surface area contributed by atoms with E-state index in [1.54, 1.807) is 0 Å². The summed E-state index contributed by atoms with van der Waals surface area (Å²) >= 11 is 0. The molecule has 0 heterocycles. The molecule has 0 rings (SSSR count). The van der Waals surface area contributed by atoms with E-state index in [2.05, 4.69) is 45.3 Å². The Balaban J connectivity index is 4.72. The average Bonchev–Trinajstić information content (AvgIpc) is 2.47. The van der Waals surface area contributed by atoms with Crippen LogP contribution in [0.2, 0.25) is 0 Å². The summed E-state index contributed by atoms with van der Waals surface area (Å²) in [4.78, 5) is 12.2. The molecule has 2 N–H and O–H groups in total. The second-order valence-corrected chi connectivity index (χ2v) is 7.85. The highest BCUT2D eigenvalue weighted by Gasteiger charge is 2.31. The second kappa shape index (κ2) is 10.2. The number of ether oxygens (including phenoxy) is 1. The van der Waals surface area contributed by atoms with E-state index in [4.69, 9.17) is 4.74 Å². The van der Waals surface area contributed by atoms with Gasteiger partial charge >= 0.3 is 6.09 Å². The molecule has 0 aromatic rings. The van der Waals surface area contributed by atoms with E-state index in [1.165, 1.54) is 12.8 Å². The zero-order valence-electron chi connectivity index (χ0n) is 16.7. The van der Waals surface area contributed by atoms with E-state index in [0.717, 1.165) is 31.7 Å². The lowest BCUT2D eigenvalue weighted by Crippen LogP contribution is -2.56. The summed E-state index contributed by atoms with van der Waals surface area (Å²) in [7, 11) is 0. The van der Waals surface area contributed by atoms with Gasteiger partial charge in [0.05, 0.1) is 5.54 Å². The topological polar surface area (TPSA) is 50.4 Å². The smallest absolute Gasteiger partial charge is 0.408 e. The van der Waals surface area contributed by atoms with E-state index >= 15 is 0 Å². The number of carbonyl (C=O) groups is 1. The van der Waals surface area contributed by atoms with E-state index in [-0.39, 0.29) is 11.6 Å². The van der Waals surface area contributed by atoms with Gasteiger partial charge in [-0.3, -0.25) is 0 Å². The fourth-order valence-corrected chi connectivity index (χ4v) is 2.63. The molecule has 0 aromatic heterocycles. The molecule has 138 valence electrons. The molecule has 0 radical (unpaired) electrons. The number of alkyl carbamates (subject to hydrolysis) is 1. The fraction of sp³-hybridized carbons (Fsp3) is 0.947.